The third-order valence-electron chi connectivity index (χ3n) is 3.03. The van der Waals surface area contributed by atoms with Crippen LogP contribution in [0.5, 0.6) is 0 Å². The molecule has 1 aromatic carbocycles. The van der Waals surface area contributed by atoms with E-state index in [1.807, 2.05) is 18.2 Å². The van der Waals surface area contributed by atoms with Crippen LogP contribution in [-0.2, 0) is 0 Å². The largest absolute Gasteiger partial charge is 0.351 e. The first kappa shape index (κ1) is 9.39. The fraction of sp³-hybridized carbons (Fsp3) is 0.333. The van der Waals surface area contributed by atoms with Gasteiger partial charge in [-0.1, -0.05) is 12.1 Å². The van der Waals surface area contributed by atoms with E-state index >= 15 is 0 Å². The lowest BCUT2D eigenvalue weighted by Gasteiger charge is -2.11. The molecule has 82 valence electrons. The van der Waals surface area contributed by atoms with Crippen molar-refractivity contribution in [3.63, 3.8) is 0 Å². The van der Waals surface area contributed by atoms with Gasteiger partial charge in [0, 0.05) is 5.54 Å². The molecule has 1 aliphatic rings. The van der Waals surface area contributed by atoms with Gasteiger partial charge in [-0.05, 0) is 31.9 Å². The summed E-state index contributed by atoms with van der Waals surface area (Å²) in [5.74, 6) is 0.573. The third-order valence-corrected chi connectivity index (χ3v) is 3.03. The number of nitrogens with one attached hydrogen (secondary N) is 2. The van der Waals surface area contributed by atoms with Crippen LogP contribution in [0.15, 0.2) is 29.1 Å². The molecule has 0 amide bonds. The molecule has 2 aromatic rings. The molecule has 0 bridgehead atoms. The van der Waals surface area contributed by atoms with Crippen molar-refractivity contribution in [3.05, 3.63) is 34.6 Å². The van der Waals surface area contributed by atoms with Crippen molar-refractivity contribution in [2.24, 2.45) is 0 Å². The Morgan fingerprint density at radius 3 is 2.88 bits per heavy atom. The summed E-state index contributed by atoms with van der Waals surface area (Å²) < 4.78 is 0. The summed E-state index contributed by atoms with van der Waals surface area (Å²) in [5.41, 5.74) is 0.772. The van der Waals surface area contributed by atoms with E-state index in [2.05, 4.69) is 22.2 Å². The second-order valence-corrected chi connectivity index (χ2v) is 4.62. The number of nitrogens with zero attached hydrogens (tertiary/aromatic N) is 1. The summed E-state index contributed by atoms with van der Waals surface area (Å²) in [6.45, 7) is 2.13. The fourth-order valence-corrected chi connectivity index (χ4v) is 1.74. The predicted octanol–water partition coefficient (Wildman–Crippen LogP) is 1.89. The van der Waals surface area contributed by atoms with Crippen LogP contribution in [0.25, 0.3) is 10.9 Å². The van der Waals surface area contributed by atoms with Crippen molar-refractivity contribution in [1.29, 1.82) is 0 Å². The highest BCUT2D eigenvalue weighted by molar-refractivity contribution is 5.78. The number of H-pyrrole nitrogens is 1. The van der Waals surface area contributed by atoms with Crippen LogP contribution in [0, 0.1) is 0 Å². The maximum absolute atomic E-state index is 11.8. The van der Waals surface area contributed by atoms with E-state index in [-0.39, 0.29) is 11.1 Å². The highest BCUT2D eigenvalue weighted by atomic mass is 16.1. The van der Waals surface area contributed by atoms with Crippen molar-refractivity contribution in [2.75, 3.05) is 5.32 Å². The molecule has 1 heterocycles. The van der Waals surface area contributed by atoms with Gasteiger partial charge in [-0.25, -0.2) is 4.98 Å². The van der Waals surface area contributed by atoms with Crippen molar-refractivity contribution in [2.45, 2.75) is 25.3 Å². The van der Waals surface area contributed by atoms with Crippen molar-refractivity contribution in [1.82, 2.24) is 9.97 Å². The Balaban J connectivity index is 2.10. The van der Waals surface area contributed by atoms with Gasteiger partial charge in [-0.3, -0.25) is 9.78 Å². The molecule has 0 aliphatic heterocycles. The molecule has 0 radical (unpaired) electrons. The van der Waals surface area contributed by atoms with Crippen LogP contribution < -0.4 is 10.9 Å². The molecule has 0 atom stereocenters. The van der Waals surface area contributed by atoms with Crippen molar-refractivity contribution < 1.29 is 0 Å². The second kappa shape index (κ2) is 3.07. The number of anilines is 1. The molecule has 0 unspecified atom stereocenters. The van der Waals surface area contributed by atoms with Gasteiger partial charge in [0.25, 0.3) is 5.56 Å². The smallest absolute Gasteiger partial charge is 0.260 e. The minimum atomic E-state index is -0.0858. The Morgan fingerprint density at radius 1 is 1.38 bits per heavy atom. The lowest BCUT2D eigenvalue weighted by molar-refractivity contribution is 0.810. The van der Waals surface area contributed by atoms with E-state index in [4.69, 9.17) is 0 Å². The van der Waals surface area contributed by atoms with Crippen molar-refractivity contribution >= 4 is 16.9 Å². The van der Waals surface area contributed by atoms with E-state index in [1.165, 1.54) is 0 Å². The average Bonchev–Trinajstić information content (AvgIpc) is 2.96. The fourth-order valence-electron chi connectivity index (χ4n) is 1.74. The number of aromatic amines is 1. The van der Waals surface area contributed by atoms with E-state index in [9.17, 15) is 4.79 Å². The molecule has 4 nitrogen and oxygen atoms in total. The molecule has 2 N–H and O–H groups in total. The number of aromatic nitrogens is 2. The Kier molecular flexibility index (Phi) is 1.80. The number of benzene rings is 1. The molecular formula is C12H13N3O. The van der Waals surface area contributed by atoms with Crippen LogP contribution >= 0.6 is 0 Å². The van der Waals surface area contributed by atoms with Gasteiger partial charge in [0.1, 0.15) is 0 Å². The molecule has 16 heavy (non-hydrogen) atoms. The summed E-state index contributed by atoms with van der Waals surface area (Å²) in [7, 11) is 0. The minimum Gasteiger partial charge on any atom is -0.351 e. The zero-order chi connectivity index (χ0) is 11.2. The second-order valence-electron chi connectivity index (χ2n) is 4.62. The number of para-hydroxylation sites is 1. The zero-order valence-corrected chi connectivity index (χ0v) is 9.08. The maximum Gasteiger partial charge on any atom is 0.260 e. The summed E-state index contributed by atoms with van der Waals surface area (Å²) in [6.07, 6.45) is 2.26. The zero-order valence-electron chi connectivity index (χ0n) is 9.08. The molecule has 1 aromatic heterocycles. The van der Waals surface area contributed by atoms with Gasteiger partial charge in [0.2, 0.25) is 5.95 Å². The number of hydrogen-bond acceptors (Lipinski definition) is 3. The maximum atomic E-state index is 11.8. The number of fused-ring (bicyclic) bond motifs is 1. The van der Waals surface area contributed by atoms with E-state index < -0.39 is 0 Å². The Hall–Kier alpha value is -1.84. The van der Waals surface area contributed by atoms with Gasteiger partial charge < -0.3 is 5.32 Å². The van der Waals surface area contributed by atoms with Crippen LogP contribution in [-0.4, -0.2) is 15.5 Å². The Morgan fingerprint density at radius 2 is 2.12 bits per heavy atom. The van der Waals surface area contributed by atoms with Gasteiger partial charge >= 0.3 is 0 Å². The molecule has 4 heteroatoms. The summed E-state index contributed by atoms with van der Waals surface area (Å²) >= 11 is 0. The monoisotopic (exact) mass is 215 g/mol. The van der Waals surface area contributed by atoms with Crippen LogP contribution in [0.4, 0.5) is 5.95 Å². The highest BCUT2D eigenvalue weighted by Crippen LogP contribution is 2.37. The minimum absolute atomic E-state index is 0.0858. The highest BCUT2D eigenvalue weighted by Gasteiger charge is 2.37. The standard InChI is InChI=1S/C12H13N3O/c1-12(6-7-12)15-11-13-9-5-3-2-4-8(9)10(16)14-11/h2-5H,6-7H2,1H3,(H2,13,14,15,16). The van der Waals surface area contributed by atoms with Gasteiger partial charge in [0.05, 0.1) is 10.9 Å². The molecule has 0 spiro atoms. The third kappa shape index (κ3) is 1.56. The SMILES string of the molecule is CC1(Nc2nc3ccccc3c(=O)[nH]2)CC1. The first-order chi connectivity index (χ1) is 7.66. The Bertz CT molecular complexity index is 598. The lowest BCUT2D eigenvalue weighted by Crippen LogP contribution is -2.21. The predicted molar refractivity (Wildman–Crippen MR) is 63.6 cm³/mol. The van der Waals surface area contributed by atoms with Gasteiger partial charge in [-0.2, -0.15) is 0 Å². The average molecular weight is 215 g/mol. The number of rotatable bonds is 2. The summed E-state index contributed by atoms with van der Waals surface area (Å²) in [6, 6.07) is 7.36. The number of hydrogen-bond donors (Lipinski definition) is 2. The van der Waals surface area contributed by atoms with Gasteiger partial charge in [-0.15, -0.1) is 0 Å². The van der Waals surface area contributed by atoms with Crippen LogP contribution in [0.3, 0.4) is 0 Å². The Labute approximate surface area is 92.7 Å². The molecule has 1 saturated carbocycles. The first-order valence-corrected chi connectivity index (χ1v) is 5.44. The summed E-state index contributed by atoms with van der Waals surface area (Å²) in [4.78, 5) is 18.9. The molecular weight excluding hydrogens is 202 g/mol. The van der Waals surface area contributed by atoms with Crippen LogP contribution in [0.1, 0.15) is 19.8 Å². The van der Waals surface area contributed by atoms with E-state index in [0.717, 1.165) is 18.4 Å². The topological polar surface area (TPSA) is 57.8 Å². The van der Waals surface area contributed by atoms with E-state index in [0.29, 0.717) is 11.3 Å². The molecule has 3 rings (SSSR count). The van der Waals surface area contributed by atoms with Crippen LogP contribution in [0.2, 0.25) is 0 Å². The molecule has 0 saturated heterocycles. The first-order valence-electron chi connectivity index (χ1n) is 5.44. The summed E-state index contributed by atoms with van der Waals surface area (Å²) in [5, 5.41) is 3.89. The molecule has 1 aliphatic carbocycles. The lowest BCUT2D eigenvalue weighted by atomic mass is 10.2. The molecule has 1 fully saturated rings. The normalized spacial score (nSPS) is 17.3. The van der Waals surface area contributed by atoms with E-state index in [1.54, 1.807) is 6.07 Å². The van der Waals surface area contributed by atoms with Gasteiger partial charge in [0.15, 0.2) is 0 Å². The quantitative estimate of drug-likeness (QED) is 0.804. The van der Waals surface area contributed by atoms with Crippen molar-refractivity contribution in [3.8, 4) is 0 Å².